The van der Waals surface area contributed by atoms with Crippen LogP contribution in [0, 0.1) is 5.82 Å². The number of ketones is 2. The topological polar surface area (TPSA) is 56.3 Å². The van der Waals surface area contributed by atoms with Crippen molar-refractivity contribution in [3.05, 3.63) is 82.8 Å². The molecule has 4 rings (SSSR count). The van der Waals surface area contributed by atoms with Crippen LogP contribution >= 0.6 is 11.3 Å². The number of halogens is 1. The van der Waals surface area contributed by atoms with Gasteiger partial charge in [-0.05, 0) is 24.3 Å². The SMILES string of the molecule is O=C1C=C(Oc2ccc(F)cc2)C(=O)c2sc(-c3ccccc3)nc21. The molecular formula is C19H10FNO3S. The normalized spacial score (nSPS) is 13.4. The first-order chi connectivity index (χ1) is 12.1. The summed E-state index contributed by atoms with van der Waals surface area (Å²) in [6.45, 7) is 0. The molecule has 1 heterocycles. The predicted octanol–water partition coefficient (Wildman–Crippen LogP) is 4.29. The molecule has 0 amide bonds. The van der Waals surface area contributed by atoms with Crippen molar-refractivity contribution in [2.75, 3.05) is 0 Å². The van der Waals surface area contributed by atoms with Crippen molar-refractivity contribution in [1.29, 1.82) is 0 Å². The van der Waals surface area contributed by atoms with Gasteiger partial charge >= 0.3 is 0 Å². The summed E-state index contributed by atoms with van der Waals surface area (Å²) in [5, 5.41) is 0.601. The number of nitrogens with zero attached hydrogens (tertiary/aromatic N) is 1. The lowest BCUT2D eigenvalue weighted by molar-refractivity contribution is 0.0948. The zero-order valence-corrected chi connectivity index (χ0v) is 13.5. The Kier molecular flexibility index (Phi) is 3.74. The molecule has 0 saturated heterocycles. The van der Waals surface area contributed by atoms with Crippen LogP contribution in [-0.2, 0) is 0 Å². The first-order valence-corrected chi connectivity index (χ1v) is 8.24. The molecule has 0 N–H and O–H groups in total. The van der Waals surface area contributed by atoms with Crippen molar-refractivity contribution in [3.8, 4) is 16.3 Å². The van der Waals surface area contributed by atoms with E-state index >= 15 is 0 Å². The van der Waals surface area contributed by atoms with E-state index in [2.05, 4.69) is 4.98 Å². The fraction of sp³-hybridized carbons (Fsp3) is 0. The van der Waals surface area contributed by atoms with Gasteiger partial charge in [0.05, 0.1) is 0 Å². The van der Waals surface area contributed by atoms with Crippen molar-refractivity contribution in [2.24, 2.45) is 0 Å². The van der Waals surface area contributed by atoms with Crippen molar-refractivity contribution < 1.29 is 18.7 Å². The lowest BCUT2D eigenvalue weighted by Gasteiger charge is -2.11. The molecule has 0 spiro atoms. The first kappa shape index (κ1) is 15.4. The fourth-order valence-electron chi connectivity index (χ4n) is 2.42. The number of carbonyl (C=O) groups excluding carboxylic acids is 2. The Morgan fingerprint density at radius 2 is 1.68 bits per heavy atom. The molecule has 25 heavy (non-hydrogen) atoms. The van der Waals surface area contributed by atoms with Crippen molar-refractivity contribution in [1.82, 2.24) is 4.98 Å². The van der Waals surface area contributed by atoms with Crippen LogP contribution in [0.4, 0.5) is 4.39 Å². The second-order valence-corrected chi connectivity index (χ2v) is 6.32. The van der Waals surface area contributed by atoms with E-state index < -0.39 is 11.6 Å². The standard InChI is InChI=1S/C19H10FNO3S/c20-12-6-8-13(9-7-12)24-15-10-14(22)16-18(17(15)23)25-19(21-16)11-4-2-1-3-5-11/h1-10H. The van der Waals surface area contributed by atoms with Gasteiger partial charge in [-0.2, -0.15) is 0 Å². The van der Waals surface area contributed by atoms with Gasteiger partial charge in [0.15, 0.2) is 5.76 Å². The minimum absolute atomic E-state index is 0.0904. The van der Waals surface area contributed by atoms with Crippen molar-refractivity contribution in [3.63, 3.8) is 0 Å². The molecule has 0 aliphatic heterocycles. The molecule has 0 saturated carbocycles. The largest absolute Gasteiger partial charge is 0.453 e. The lowest BCUT2D eigenvalue weighted by Crippen LogP contribution is -2.18. The third-order valence-electron chi connectivity index (χ3n) is 3.61. The van der Waals surface area contributed by atoms with Gasteiger partial charge < -0.3 is 4.74 Å². The van der Waals surface area contributed by atoms with Crippen LogP contribution in [0.1, 0.15) is 20.2 Å². The third kappa shape index (κ3) is 2.88. The summed E-state index contributed by atoms with van der Waals surface area (Å²) in [6, 6.07) is 14.6. The molecule has 6 heteroatoms. The maximum absolute atomic E-state index is 13.0. The monoisotopic (exact) mass is 351 g/mol. The van der Waals surface area contributed by atoms with E-state index in [-0.39, 0.29) is 27.9 Å². The highest BCUT2D eigenvalue weighted by Crippen LogP contribution is 2.33. The van der Waals surface area contributed by atoms with E-state index in [9.17, 15) is 14.0 Å². The number of carbonyl (C=O) groups is 2. The predicted molar refractivity (Wildman–Crippen MR) is 91.3 cm³/mol. The van der Waals surface area contributed by atoms with E-state index in [0.717, 1.165) is 23.0 Å². The second-order valence-electron chi connectivity index (χ2n) is 5.32. The summed E-state index contributed by atoms with van der Waals surface area (Å²) >= 11 is 1.15. The third-order valence-corrected chi connectivity index (χ3v) is 4.72. The zero-order chi connectivity index (χ0) is 17.4. The molecule has 0 radical (unpaired) electrons. The van der Waals surface area contributed by atoms with E-state index in [4.69, 9.17) is 4.74 Å². The summed E-state index contributed by atoms with van der Waals surface area (Å²) in [7, 11) is 0. The Hall–Kier alpha value is -3.12. The molecule has 0 atom stereocenters. The number of fused-ring (bicyclic) bond motifs is 1. The van der Waals surface area contributed by atoms with Crippen LogP contribution in [-0.4, -0.2) is 16.6 Å². The molecule has 1 aliphatic rings. The first-order valence-electron chi connectivity index (χ1n) is 7.42. The molecule has 3 aromatic rings. The zero-order valence-electron chi connectivity index (χ0n) is 12.7. The van der Waals surface area contributed by atoms with Crippen LogP contribution in [0.2, 0.25) is 0 Å². The van der Waals surface area contributed by atoms with Crippen molar-refractivity contribution >= 4 is 22.9 Å². The number of benzene rings is 2. The number of aromatic nitrogens is 1. The molecule has 1 aliphatic carbocycles. The summed E-state index contributed by atoms with van der Waals surface area (Å²) in [4.78, 5) is 29.5. The minimum atomic E-state index is -0.412. The molecule has 4 nitrogen and oxygen atoms in total. The average molecular weight is 351 g/mol. The molecule has 1 aromatic heterocycles. The van der Waals surface area contributed by atoms with Gasteiger partial charge in [0.2, 0.25) is 11.6 Å². The van der Waals surface area contributed by atoms with Crippen LogP contribution < -0.4 is 4.74 Å². The number of Topliss-reactive ketones (excluding diaryl/α,β-unsaturated/α-hetero) is 1. The van der Waals surface area contributed by atoms with Gasteiger partial charge in [0, 0.05) is 11.6 Å². The highest BCUT2D eigenvalue weighted by Gasteiger charge is 2.31. The Morgan fingerprint density at radius 3 is 2.40 bits per heavy atom. The molecule has 0 unspecified atom stereocenters. The van der Waals surface area contributed by atoms with E-state index in [0.29, 0.717) is 5.01 Å². The smallest absolute Gasteiger partial charge is 0.240 e. The fourth-order valence-corrected chi connectivity index (χ4v) is 3.44. The van der Waals surface area contributed by atoms with Crippen LogP contribution in [0.3, 0.4) is 0 Å². The number of allylic oxidation sites excluding steroid dienone is 2. The van der Waals surface area contributed by atoms with Gasteiger partial charge in [-0.25, -0.2) is 9.37 Å². The molecule has 122 valence electrons. The average Bonchev–Trinajstić information content (AvgIpc) is 3.08. The van der Waals surface area contributed by atoms with E-state index in [1.165, 1.54) is 24.3 Å². The van der Waals surface area contributed by atoms with E-state index in [1.54, 1.807) is 0 Å². The number of thiazole rings is 1. The number of hydrogen-bond acceptors (Lipinski definition) is 5. The maximum Gasteiger partial charge on any atom is 0.240 e. The number of rotatable bonds is 3. The number of hydrogen-bond donors (Lipinski definition) is 0. The molecule has 0 bridgehead atoms. The highest BCUT2D eigenvalue weighted by molar-refractivity contribution is 7.17. The summed E-state index contributed by atoms with van der Waals surface area (Å²) in [6.07, 6.45) is 1.13. The lowest BCUT2D eigenvalue weighted by atomic mass is 10.1. The Balaban J connectivity index is 1.67. The van der Waals surface area contributed by atoms with Gasteiger partial charge in [-0.15, -0.1) is 11.3 Å². The van der Waals surface area contributed by atoms with Crippen LogP contribution in [0.15, 0.2) is 66.4 Å². The quantitative estimate of drug-likeness (QED) is 0.706. The second kappa shape index (κ2) is 6.07. The summed E-state index contributed by atoms with van der Waals surface area (Å²) < 4.78 is 18.4. The molecule has 0 fully saturated rings. The van der Waals surface area contributed by atoms with Crippen molar-refractivity contribution in [2.45, 2.75) is 0 Å². The van der Waals surface area contributed by atoms with Gasteiger partial charge in [0.1, 0.15) is 27.1 Å². The molecular weight excluding hydrogens is 341 g/mol. The number of ether oxygens (including phenoxy) is 1. The van der Waals surface area contributed by atoms with Crippen LogP contribution in [0.5, 0.6) is 5.75 Å². The summed E-state index contributed by atoms with van der Waals surface area (Å²) in [5.41, 5.74) is 0.976. The maximum atomic E-state index is 13.0. The van der Waals surface area contributed by atoms with Gasteiger partial charge in [-0.1, -0.05) is 30.3 Å². The van der Waals surface area contributed by atoms with Gasteiger partial charge in [0.25, 0.3) is 0 Å². The Labute approximate surface area is 146 Å². The van der Waals surface area contributed by atoms with Gasteiger partial charge in [-0.3, -0.25) is 9.59 Å². The van der Waals surface area contributed by atoms with E-state index in [1.807, 2.05) is 30.3 Å². The minimum Gasteiger partial charge on any atom is -0.453 e. The summed E-state index contributed by atoms with van der Waals surface area (Å²) in [5.74, 6) is -1.01. The Morgan fingerprint density at radius 1 is 0.960 bits per heavy atom. The van der Waals surface area contributed by atoms with Crippen LogP contribution in [0.25, 0.3) is 10.6 Å². The Bertz CT molecular complexity index is 1010. The molecule has 2 aromatic carbocycles. The highest BCUT2D eigenvalue weighted by atomic mass is 32.1.